The maximum atomic E-state index is 9.55. The molecule has 9 aromatic rings. The Morgan fingerprint density at radius 1 is 0.340 bits per heavy atom. The highest BCUT2D eigenvalue weighted by atomic mass is 16.3. The lowest BCUT2D eigenvalue weighted by Crippen LogP contribution is -1.91. The SMILES string of the molecule is [2H]c1c([2H])c([2H])c(-c2ccc(-c3oc4c(-c5c([2H])c([2H])c([2H])c([2H])c5[2H])cccc4c3-c3c4c([2H])c([2H])c([2H])c([2H])c4c(-c4c([2H])c([2H])c([2H])c([2H])c4[2H])c4c([2H])c([2H])c([2H])c([2H])c34)cc2)c([2H])c1[2H]. The van der Waals surface area contributed by atoms with Crippen molar-refractivity contribution in [1.29, 1.82) is 0 Å². The van der Waals surface area contributed by atoms with Crippen LogP contribution in [-0.4, -0.2) is 0 Å². The Hall–Kier alpha value is -6.18. The highest BCUT2D eigenvalue weighted by Crippen LogP contribution is 2.50. The van der Waals surface area contributed by atoms with Crippen LogP contribution in [-0.2, 0) is 0 Å². The first-order chi connectivity index (χ1) is 32.9. The molecule has 47 heavy (non-hydrogen) atoms. The zero-order valence-electron chi connectivity index (χ0n) is 46.9. The summed E-state index contributed by atoms with van der Waals surface area (Å²) in [7, 11) is 0. The van der Waals surface area contributed by atoms with Crippen molar-refractivity contribution in [2.75, 3.05) is 0 Å². The van der Waals surface area contributed by atoms with Crippen LogP contribution in [0.2, 0.25) is 0 Å². The van der Waals surface area contributed by atoms with Gasteiger partial charge < -0.3 is 4.42 Å². The number of rotatable bonds is 5. The molecule has 0 aliphatic rings. The molecular formula is C46H30O. The van der Waals surface area contributed by atoms with Crippen molar-refractivity contribution in [3.8, 4) is 55.8 Å². The standard InChI is InChI=1S/C46H30O/c1-4-15-31(16-5-1)32-27-29-35(30-28-32)45-44(41-26-14-25-36(46(41)47-45)33-17-6-2-7-18-33)43-39-23-12-10-21-37(39)42(34-19-8-3-9-20-34)38-22-11-13-24-40(38)43/h1-30H/i1D,2D,3D,4D,5D,6D,7D,8D,9D,10D,11D,12D,13D,15D,16D,17D,18D,19D,20D,21D,22D,23D,24D. The monoisotopic (exact) mass is 621 g/mol. The van der Waals surface area contributed by atoms with Gasteiger partial charge in [0.1, 0.15) is 11.3 Å². The van der Waals surface area contributed by atoms with E-state index in [1.54, 1.807) is 0 Å². The molecule has 0 fully saturated rings. The zero-order valence-corrected chi connectivity index (χ0v) is 23.9. The summed E-state index contributed by atoms with van der Waals surface area (Å²) < 4.78 is 208. The van der Waals surface area contributed by atoms with Gasteiger partial charge in [0, 0.05) is 27.6 Å². The molecule has 220 valence electrons. The second-order valence-electron chi connectivity index (χ2n) is 10.3. The largest absolute Gasteiger partial charge is 0.455 e. The van der Waals surface area contributed by atoms with Gasteiger partial charge in [-0.2, -0.15) is 0 Å². The summed E-state index contributed by atoms with van der Waals surface area (Å²) in [5, 5.41) is -1.88. The minimum absolute atomic E-state index is 0.0204. The number of hydrogen-bond acceptors (Lipinski definition) is 1. The summed E-state index contributed by atoms with van der Waals surface area (Å²) in [5.74, 6) is -0.194. The molecule has 1 heteroatoms. The highest BCUT2D eigenvalue weighted by Gasteiger charge is 2.25. The number of benzene rings is 8. The van der Waals surface area contributed by atoms with Crippen molar-refractivity contribution >= 4 is 32.5 Å². The Morgan fingerprint density at radius 2 is 0.809 bits per heavy atom. The van der Waals surface area contributed by atoms with E-state index in [1.165, 1.54) is 42.5 Å². The predicted molar refractivity (Wildman–Crippen MR) is 198 cm³/mol. The third-order valence-corrected chi connectivity index (χ3v) is 7.80. The quantitative estimate of drug-likeness (QED) is 0.174. The molecule has 0 bridgehead atoms. The van der Waals surface area contributed by atoms with Gasteiger partial charge in [0.25, 0.3) is 0 Å². The Labute approximate surface area is 306 Å². The summed E-state index contributed by atoms with van der Waals surface area (Å²) in [6, 6.07) is -6.90. The van der Waals surface area contributed by atoms with Crippen LogP contribution in [0.3, 0.4) is 0 Å². The number of fused-ring (bicyclic) bond motifs is 3. The van der Waals surface area contributed by atoms with E-state index in [1.807, 2.05) is 0 Å². The average molecular weight is 622 g/mol. The lowest BCUT2D eigenvalue weighted by Gasteiger charge is -2.18. The number of para-hydroxylation sites is 1. The molecule has 0 spiro atoms. The van der Waals surface area contributed by atoms with Gasteiger partial charge in [-0.05, 0) is 49.4 Å². The topological polar surface area (TPSA) is 13.1 Å². The van der Waals surface area contributed by atoms with Crippen molar-refractivity contribution in [1.82, 2.24) is 0 Å². The molecule has 0 saturated heterocycles. The Balaban J connectivity index is 1.56. The second-order valence-corrected chi connectivity index (χ2v) is 10.3. The van der Waals surface area contributed by atoms with Crippen LogP contribution >= 0.6 is 0 Å². The minimum atomic E-state index is -0.849. The lowest BCUT2D eigenvalue weighted by molar-refractivity contribution is 0.633. The van der Waals surface area contributed by atoms with Crippen molar-refractivity contribution in [2.24, 2.45) is 0 Å². The molecule has 0 aliphatic heterocycles. The molecular weight excluding hydrogens is 569 g/mol. The fraction of sp³-hybridized carbons (Fsp3) is 0. The van der Waals surface area contributed by atoms with E-state index in [0.717, 1.165) is 0 Å². The van der Waals surface area contributed by atoms with E-state index in [2.05, 4.69) is 0 Å². The molecule has 0 amide bonds. The van der Waals surface area contributed by atoms with Gasteiger partial charge >= 0.3 is 0 Å². The van der Waals surface area contributed by atoms with Crippen molar-refractivity contribution < 1.29 is 35.9 Å². The summed E-state index contributed by atoms with van der Waals surface area (Å²) >= 11 is 0. The van der Waals surface area contributed by atoms with Crippen LogP contribution in [0.25, 0.3) is 88.3 Å². The number of furan rings is 1. The first kappa shape index (κ1) is 12.5. The predicted octanol–water partition coefficient (Wildman–Crippen LogP) is 13.1. The molecule has 0 saturated carbocycles. The zero-order chi connectivity index (χ0) is 51.2. The molecule has 0 unspecified atom stereocenters. The fourth-order valence-electron chi connectivity index (χ4n) is 5.83. The van der Waals surface area contributed by atoms with Crippen LogP contribution < -0.4 is 0 Å². The lowest BCUT2D eigenvalue weighted by atomic mass is 9.84. The fourth-order valence-corrected chi connectivity index (χ4v) is 5.83. The molecule has 1 aromatic heterocycles. The van der Waals surface area contributed by atoms with E-state index in [-0.39, 0.29) is 55.7 Å². The summed E-state index contributed by atoms with van der Waals surface area (Å²) in [5.41, 5.74) is -2.03. The van der Waals surface area contributed by atoms with Crippen molar-refractivity contribution in [3.05, 3.63) is 181 Å². The van der Waals surface area contributed by atoms with E-state index >= 15 is 0 Å². The smallest absolute Gasteiger partial charge is 0.143 e. The summed E-state index contributed by atoms with van der Waals surface area (Å²) in [6.45, 7) is 0. The van der Waals surface area contributed by atoms with Gasteiger partial charge in [0.05, 0.1) is 31.5 Å². The van der Waals surface area contributed by atoms with Crippen LogP contribution in [0.5, 0.6) is 0 Å². The Morgan fingerprint density at radius 3 is 1.38 bits per heavy atom. The maximum absolute atomic E-state index is 9.55. The van der Waals surface area contributed by atoms with E-state index < -0.39 is 172 Å². The third kappa shape index (κ3) is 4.56. The van der Waals surface area contributed by atoms with Gasteiger partial charge in [-0.3, -0.25) is 0 Å². The Bertz CT molecular complexity index is 3690. The summed E-state index contributed by atoms with van der Waals surface area (Å²) in [6.07, 6.45) is 0. The van der Waals surface area contributed by atoms with Crippen LogP contribution in [0.15, 0.2) is 186 Å². The summed E-state index contributed by atoms with van der Waals surface area (Å²) in [4.78, 5) is 0. The molecule has 1 nitrogen and oxygen atoms in total. The first-order valence-electron chi connectivity index (χ1n) is 25.7. The van der Waals surface area contributed by atoms with Gasteiger partial charge in [-0.15, -0.1) is 0 Å². The second kappa shape index (κ2) is 11.3. The maximum Gasteiger partial charge on any atom is 0.143 e. The van der Waals surface area contributed by atoms with E-state index in [4.69, 9.17) is 30.5 Å². The van der Waals surface area contributed by atoms with E-state index in [0.29, 0.717) is 0 Å². The average Bonchev–Trinajstić information content (AvgIpc) is 3.74. The molecule has 0 radical (unpaired) electrons. The van der Waals surface area contributed by atoms with Crippen LogP contribution in [0.4, 0.5) is 0 Å². The highest BCUT2D eigenvalue weighted by molar-refractivity contribution is 6.25. The van der Waals surface area contributed by atoms with Gasteiger partial charge in [0.2, 0.25) is 0 Å². The molecule has 0 atom stereocenters. The van der Waals surface area contributed by atoms with Crippen molar-refractivity contribution in [3.63, 3.8) is 0 Å². The molecule has 9 rings (SSSR count). The van der Waals surface area contributed by atoms with Gasteiger partial charge in [0.15, 0.2) is 0 Å². The Kier molecular flexibility index (Phi) is 3.02. The van der Waals surface area contributed by atoms with Gasteiger partial charge in [-0.25, -0.2) is 0 Å². The number of hydrogen-bond donors (Lipinski definition) is 0. The van der Waals surface area contributed by atoms with Crippen LogP contribution in [0.1, 0.15) is 31.5 Å². The molecule has 1 heterocycles. The third-order valence-electron chi connectivity index (χ3n) is 7.80. The minimum Gasteiger partial charge on any atom is -0.455 e. The van der Waals surface area contributed by atoms with Gasteiger partial charge in [-0.1, -0.05) is 181 Å². The van der Waals surface area contributed by atoms with Crippen molar-refractivity contribution in [2.45, 2.75) is 0 Å². The molecule has 0 N–H and O–H groups in total. The first-order valence-corrected chi connectivity index (χ1v) is 14.2. The normalized spacial score (nSPS) is 18.3. The molecule has 0 aliphatic carbocycles. The van der Waals surface area contributed by atoms with E-state index in [9.17, 15) is 5.48 Å². The molecule has 8 aromatic carbocycles. The van der Waals surface area contributed by atoms with Crippen LogP contribution in [0, 0.1) is 0 Å².